The van der Waals surface area contributed by atoms with Crippen LogP contribution in [0.4, 0.5) is 9.18 Å². The first kappa shape index (κ1) is 13.6. The van der Waals surface area contributed by atoms with Gasteiger partial charge in [0, 0.05) is 24.7 Å². The first-order valence-electron chi connectivity index (χ1n) is 6.21. The normalized spacial score (nSPS) is 16.4. The third kappa shape index (κ3) is 3.35. The zero-order valence-electron chi connectivity index (χ0n) is 10.7. The van der Waals surface area contributed by atoms with E-state index >= 15 is 0 Å². The smallest absolute Gasteiger partial charge is 0.317 e. The lowest BCUT2D eigenvalue weighted by Crippen LogP contribution is -2.31. The number of nitrogens with one attached hydrogen (secondary N) is 1. The highest BCUT2D eigenvalue weighted by Crippen LogP contribution is 2.25. The minimum atomic E-state index is -0.731. The summed E-state index contributed by atoms with van der Waals surface area (Å²) < 4.78 is 18.6. The molecular formula is C13H17FN2O3. The Labute approximate surface area is 111 Å². The molecule has 0 saturated carbocycles. The second-order valence-corrected chi connectivity index (χ2v) is 4.43. The van der Waals surface area contributed by atoms with Crippen LogP contribution in [0, 0.1) is 5.82 Å². The average molecular weight is 268 g/mol. The molecule has 2 rings (SSSR count). The number of benzene rings is 1. The molecule has 1 fully saturated rings. The van der Waals surface area contributed by atoms with Gasteiger partial charge >= 0.3 is 6.03 Å². The quantitative estimate of drug-likeness (QED) is 0.845. The van der Waals surface area contributed by atoms with Gasteiger partial charge in [0.2, 0.25) is 0 Å². The van der Waals surface area contributed by atoms with Gasteiger partial charge in [0.15, 0.2) is 0 Å². The van der Waals surface area contributed by atoms with E-state index in [1.807, 2.05) is 0 Å². The van der Waals surface area contributed by atoms with E-state index in [1.54, 1.807) is 11.8 Å². The van der Waals surface area contributed by atoms with Gasteiger partial charge in [-0.15, -0.1) is 0 Å². The summed E-state index contributed by atoms with van der Waals surface area (Å²) in [5, 5.41) is 12.3. The number of carbonyl (C=O) groups is 1. The summed E-state index contributed by atoms with van der Waals surface area (Å²) in [4.78, 5) is 12.9. The Morgan fingerprint density at radius 3 is 3.00 bits per heavy atom. The summed E-state index contributed by atoms with van der Waals surface area (Å²) in [5.41, 5.74) is 0.535. The van der Waals surface area contributed by atoms with Crippen LogP contribution < -0.4 is 10.1 Å². The van der Waals surface area contributed by atoms with Gasteiger partial charge in [-0.3, -0.25) is 0 Å². The molecule has 1 heterocycles. The molecular weight excluding hydrogens is 251 g/mol. The topological polar surface area (TPSA) is 61.8 Å². The number of urea groups is 1. The predicted molar refractivity (Wildman–Crippen MR) is 67.5 cm³/mol. The molecule has 5 nitrogen and oxygen atoms in total. The van der Waals surface area contributed by atoms with Gasteiger partial charge in [0.25, 0.3) is 0 Å². The maximum Gasteiger partial charge on any atom is 0.317 e. The van der Waals surface area contributed by atoms with E-state index in [-0.39, 0.29) is 12.6 Å². The van der Waals surface area contributed by atoms with E-state index in [0.717, 1.165) is 0 Å². The van der Waals surface area contributed by atoms with Crippen molar-refractivity contribution in [2.24, 2.45) is 0 Å². The number of nitrogens with zero attached hydrogens (tertiary/aromatic N) is 1. The Morgan fingerprint density at radius 2 is 2.37 bits per heavy atom. The molecule has 104 valence electrons. The molecule has 1 aliphatic heterocycles. The van der Waals surface area contributed by atoms with Crippen molar-refractivity contribution in [3.05, 3.63) is 29.6 Å². The third-order valence-corrected chi connectivity index (χ3v) is 2.99. The standard InChI is InChI=1S/C13H17FN2O3/c1-9(17)11-3-2-10(14)8-12(11)19-7-6-16-5-4-15-13(16)18/h2-3,8-9,17H,4-7H2,1H3,(H,15,18). The second kappa shape index (κ2) is 5.88. The molecule has 2 N–H and O–H groups in total. The molecule has 1 aromatic rings. The first-order chi connectivity index (χ1) is 9.08. The highest BCUT2D eigenvalue weighted by atomic mass is 19.1. The number of hydrogen-bond donors (Lipinski definition) is 2. The van der Waals surface area contributed by atoms with Crippen molar-refractivity contribution in [1.82, 2.24) is 10.2 Å². The minimum absolute atomic E-state index is 0.112. The highest BCUT2D eigenvalue weighted by Gasteiger charge is 2.19. The summed E-state index contributed by atoms with van der Waals surface area (Å²) in [6.07, 6.45) is -0.731. The van der Waals surface area contributed by atoms with Crippen molar-refractivity contribution >= 4 is 6.03 Å². The summed E-state index contributed by atoms with van der Waals surface area (Å²) in [7, 11) is 0. The summed E-state index contributed by atoms with van der Waals surface area (Å²) in [5.74, 6) is -0.104. The van der Waals surface area contributed by atoms with Gasteiger partial charge in [-0.05, 0) is 19.1 Å². The molecule has 0 spiro atoms. The van der Waals surface area contributed by atoms with E-state index in [2.05, 4.69) is 5.32 Å². The molecule has 19 heavy (non-hydrogen) atoms. The number of hydrogen-bond acceptors (Lipinski definition) is 3. The fourth-order valence-corrected chi connectivity index (χ4v) is 1.97. The fourth-order valence-electron chi connectivity index (χ4n) is 1.97. The van der Waals surface area contributed by atoms with Gasteiger partial charge in [0.05, 0.1) is 12.6 Å². The molecule has 0 radical (unpaired) electrons. The van der Waals surface area contributed by atoms with Crippen molar-refractivity contribution in [1.29, 1.82) is 0 Å². The molecule has 1 aromatic carbocycles. The number of halogens is 1. The lowest BCUT2D eigenvalue weighted by atomic mass is 10.1. The first-order valence-corrected chi connectivity index (χ1v) is 6.21. The minimum Gasteiger partial charge on any atom is -0.491 e. The van der Waals surface area contributed by atoms with Gasteiger partial charge in [-0.1, -0.05) is 0 Å². The molecule has 2 amide bonds. The largest absolute Gasteiger partial charge is 0.491 e. The average Bonchev–Trinajstić information content (AvgIpc) is 2.75. The lowest BCUT2D eigenvalue weighted by molar-refractivity contribution is 0.184. The molecule has 1 unspecified atom stereocenters. The number of aliphatic hydroxyl groups is 1. The van der Waals surface area contributed by atoms with Crippen LogP contribution in [0.3, 0.4) is 0 Å². The number of amides is 2. The van der Waals surface area contributed by atoms with Crippen LogP contribution in [-0.4, -0.2) is 42.3 Å². The Bertz CT molecular complexity index is 465. The Balaban J connectivity index is 1.95. The van der Waals surface area contributed by atoms with E-state index in [4.69, 9.17) is 4.74 Å². The van der Waals surface area contributed by atoms with Crippen LogP contribution >= 0.6 is 0 Å². The summed E-state index contributed by atoms with van der Waals surface area (Å²) in [6.45, 7) is 3.57. The zero-order chi connectivity index (χ0) is 13.8. The van der Waals surface area contributed by atoms with Crippen molar-refractivity contribution in [3.8, 4) is 5.75 Å². The Kier molecular flexibility index (Phi) is 4.21. The second-order valence-electron chi connectivity index (χ2n) is 4.43. The zero-order valence-corrected chi connectivity index (χ0v) is 10.7. The molecule has 1 aliphatic rings. The van der Waals surface area contributed by atoms with Crippen molar-refractivity contribution in [2.45, 2.75) is 13.0 Å². The van der Waals surface area contributed by atoms with Crippen molar-refractivity contribution in [3.63, 3.8) is 0 Å². The van der Waals surface area contributed by atoms with Gasteiger partial charge < -0.3 is 20.1 Å². The van der Waals surface area contributed by atoms with Crippen molar-refractivity contribution < 1.29 is 19.0 Å². The van der Waals surface area contributed by atoms with Crippen LogP contribution in [0.5, 0.6) is 5.75 Å². The van der Waals surface area contributed by atoms with E-state index in [0.29, 0.717) is 30.9 Å². The van der Waals surface area contributed by atoms with E-state index < -0.39 is 11.9 Å². The van der Waals surface area contributed by atoms with Crippen LogP contribution in [-0.2, 0) is 0 Å². The highest BCUT2D eigenvalue weighted by molar-refractivity contribution is 5.76. The molecule has 1 atom stereocenters. The maximum atomic E-state index is 13.2. The summed E-state index contributed by atoms with van der Waals surface area (Å²) in [6, 6.07) is 3.91. The Hall–Kier alpha value is -1.82. The molecule has 0 aromatic heterocycles. The molecule has 6 heteroatoms. The Morgan fingerprint density at radius 1 is 1.58 bits per heavy atom. The number of ether oxygens (including phenoxy) is 1. The number of carbonyl (C=O) groups excluding carboxylic acids is 1. The monoisotopic (exact) mass is 268 g/mol. The lowest BCUT2D eigenvalue weighted by Gasteiger charge is -2.17. The predicted octanol–water partition coefficient (Wildman–Crippen LogP) is 1.28. The molecule has 0 aliphatic carbocycles. The van der Waals surface area contributed by atoms with Gasteiger partial charge in [0.1, 0.15) is 18.2 Å². The molecule has 0 bridgehead atoms. The van der Waals surface area contributed by atoms with Crippen LogP contribution in [0.15, 0.2) is 18.2 Å². The van der Waals surface area contributed by atoms with Crippen LogP contribution in [0.1, 0.15) is 18.6 Å². The van der Waals surface area contributed by atoms with Gasteiger partial charge in [-0.2, -0.15) is 0 Å². The maximum absolute atomic E-state index is 13.2. The number of aliphatic hydroxyl groups excluding tert-OH is 1. The number of rotatable bonds is 5. The van der Waals surface area contributed by atoms with Crippen LogP contribution in [0.2, 0.25) is 0 Å². The van der Waals surface area contributed by atoms with Crippen molar-refractivity contribution in [2.75, 3.05) is 26.2 Å². The third-order valence-electron chi connectivity index (χ3n) is 2.99. The van der Waals surface area contributed by atoms with E-state index in [9.17, 15) is 14.3 Å². The van der Waals surface area contributed by atoms with E-state index in [1.165, 1.54) is 18.2 Å². The fraction of sp³-hybridized carbons (Fsp3) is 0.462. The summed E-state index contributed by atoms with van der Waals surface area (Å²) >= 11 is 0. The SMILES string of the molecule is CC(O)c1ccc(F)cc1OCCN1CCNC1=O. The van der Waals surface area contributed by atoms with Crippen LogP contribution in [0.25, 0.3) is 0 Å². The van der Waals surface area contributed by atoms with Gasteiger partial charge in [-0.25, -0.2) is 9.18 Å². The molecule has 1 saturated heterocycles.